The summed E-state index contributed by atoms with van der Waals surface area (Å²) >= 11 is -2.14. The van der Waals surface area contributed by atoms with Gasteiger partial charge in [-0.05, 0) is 69.9 Å². The smallest absolute Gasteiger partial charge is 3.00 e. The van der Waals surface area contributed by atoms with E-state index in [4.69, 9.17) is 15.2 Å². The molecule has 1 aliphatic rings. The number of aryl methyl sites for hydroxylation is 1. The molecule has 10 rings (SSSR count). The Morgan fingerprint density at radius 3 is 2.14 bits per heavy atom. The number of furan rings is 1. The molecule has 0 saturated carbocycles. The van der Waals surface area contributed by atoms with Crippen molar-refractivity contribution in [3.05, 3.63) is 191 Å². The molecular weight excluding hydrogens is 1050 g/mol. The predicted molar refractivity (Wildman–Crippen MR) is 275 cm³/mol. The molecule has 2 aromatic heterocycles. The number of pyridine rings is 1. The van der Waals surface area contributed by atoms with E-state index in [2.05, 4.69) is 146 Å². The Labute approximate surface area is 412 Å². The van der Waals surface area contributed by atoms with E-state index in [1.165, 1.54) is 50.5 Å². The Kier molecular flexibility index (Phi) is 12.0. The third-order valence-electron chi connectivity index (χ3n) is 12.4. The molecule has 0 amide bonds. The number of rotatable bonds is 8. The van der Waals surface area contributed by atoms with Gasteiger partial charge in [-0.25, -0.2) is 4.39 Å². The number of hydrogen-bond acceptors (Lipinski definition) is 3. The van der Waals surface area contributed by atoms with Crippen LogP contribution in [0.25, 0.3) is 60.4 Å². The van der Waals surface area contributed by atoms with Gasteiger partial charge in [0.15, 0.2) is 0 Å². The number of aromatic nitrogens is 1. The molecule has 0 bridgehead atoms. The second kappa shape index (κ2) is 19.0. The van der Waals surface area contributed by atoms with Crippen molar-refractivity contribution in [1.82, 2.24) is 4.98 Å². The molecule has 1 unspecified atom stereocenters. The molecule has 7 aromatic carbocycles. The van der Waals surface area contributed by atoms with E-state index in [0.717, 1.165) is 55.3 Å². The number of anilines is 2. The zero-order chi connectivity index (χ0) is 49.2. The van der Waals surface area contributed by atoms with Gasteiger partial charge in [-0.2, -0.15) is 18.2 Å². The van der Waals surface area contributed by atoms with Crippen molar-refractivity contribution in [2.24, 2.45) is 0 Å². The van der Waals surface area contributed by atoms with Gasteiger partial charge in [0.2, 0.25) is 0 Å². The minimum absolute atomic E-state index is 0. The SMILES string of the molecule is CC(C)c1cc(-c2ccccc2)cc(C(C)C)c1N1c2c(ccc3ccccc23)[N-]C1c1[c-]ccc2c1oc1cc(F)ccc12.[2H]C([2H])([2H])c1c[c-]c(-c2cc(C([2H])(C)C)[c]([Ge]([CH3])([CH3])[CH3])cn2)cc1.[Ir+3]. The number of benzene rings is 7. The van der Waals surface area contributed by atoms with E-state index >= 15 is 0 Å². The molecular formula is C59H57FGeIrN3O. The molecule has 7 heteroatoms. The maximum absolute atomic E-state index is 14.3. The van der Waals surface area contributed by atoms with E-state index in [1.807, 2.05) is 38.2 Å². The summed E-state index contributed by atoms with van der Waals surface area (Å²) in [6.07, 6.45) is 1.48. The third-order valence-corrected chi connectivity index (χ3v) is 16.6. The van der Waals surface area contributed by atoms with Gasteiger partial charge >= 0.3 is 151 Å². The van der Waals surface area contributed by atoms with Crippen molar-refractivity contribution >= 4 is 67.4 Å². The van der Waals surface area contributed by atoms with Crippen LogP contribution < -0.4 is 9.30 Å². The first kappa shape index (κ1) is 41.9. The zero-order valence-electron chi connectivity index (χ0n) is 43.0. The Morgan fingerprint density at radius 2 is 1.47 bits per heavy atom. The molecule has 3 heterocycles. The van der Waals surface area contributed by atoms with Crippen LogP contribution in [-0.2, 0) is 20.1 Å². The minimum atomic E-state index is -2.14. The third kappa shape index (κ3) is 9.00. The van der Waals surface area contributed by atoms with Crippen molar-refractivity contribution in [3.63, 3.8) is 0 Å². The van der Waals surface area contributed by atoms with E-state index in [9.17, 15) is 4.39 Å². The van der Waals surface area contributed by atoms with E-state index in [1.54, 1.807) is 18.2 Å². The van der Waals surface area contributed by atoms with E-state index < -0.39 is 32.2 Å². The summed E-state index contributed by atoms with van der Waals surface area (Å²) < 4.78 is 52.7. The van der Waals surface area contributed by atoms with Crippen LogP contribution >= 0.6 is 0 Å². The molecule has 9 aromatic rings. The van der Waals surface area contributed by atoms with Crippen molar-refractivity contribution in [3.8, 4) is 22.4 Å². The van der Waals surface area contributed by atoms with Crippen molar-refractivity contribution in [1.29, 1.82) is 0 Å². The summed E-state index contributed by atoms with van der Waals surface area (Å²) in [6.45, 7) is 10.7. The maximum atomic E-state index is 14.3. The summed E-state index contributed by atoms with van der Waals surface area (Å²) in [6, 6.07) is 50.2. The summed E-state index contributed by atoms with van der Waals surface area (Å²) in [5, 5.41) is 9.54. The Hall–Kier alpha value is -5.53. The van der Waals surface area contributed by atoms with Crippen molar-refractivity contribution in [2.75, 3.05) is 4.90 Å². The van der Waals surface area contributed by atoms with Gasteiger partial charge < -0.3 is 14.6 Å². The Morgan fingerprint density at radius 1 is 0.742 bits per heavy atom. The summed E-state index contributed by atoms with van der Waals surface area (Å²) in [4.78, 5) is 7.00. The second-order valence-electron chi connectivity index (χ2n) is 18.9. The minimum Gasteiger partial charge on any atom is 3.00 e. The molecule has 334 valence electrons. The predicted octanol–water partition coefficient (Wildman–Crippen LogP) is 17.0. The quantitative estimate of drug-likeness (QED) is 0.112. The average molecular weight is 1110 g/mol. The van der Waals surface area contributed by atoms with Crippen LogP contribution in [0.2, 0.25) is 17.3 Å². The fourth-order valence-electron chi connectivity index (χ4n) is 9.10. The van der Waals surface area contributed by atoms with Crippen LogP contribution in [-0.4, -0.2) is 18.3 Å². The molecule has 4 nitrogen and oxygen atoms in total. The average Bonchev–Trinajstić information content (AvgIpc) is 3.89. The van der Waals surface area contributed by atoms with Gasteiger partial charge in [0, 0.05) is 33.8 Å². The molecule has 0 fully saturated rings. The number of nitrogens with zero attached hydrogens (tertiary/aromatic N) is 3. The second-order valence-corrected chi connectivity index (χ2v) is 29.5. The van der Waals surface area contributed by atoms with Gasteiger partial charge in [0.25, 0.3) is 0 Å². The summed E-state index contributed by atoms with van der Waals surface area (Å²) in [5.74, 6) is 6.35. The zero-order valence-corrected chi connectivity index (χ0v) is 43.5. The van der Waals surface area contributed by atoms with Crippen LogP contribution in [0.15, 0.2) is 144 Å². The number of fused-ring (bicyclic) bond motifs is 6. The molecule has 0 N–H and O–H groups in total. The van der Waals surface area contributed by atoms with Gasteiger partial charge in [-0.1, -0.05) is 99.8 Å². The Balaban J connectivity index is 0.000000224. The monoisotopic (exact) mass is 1110 g/mol. The molecule has 0 radical (unpaired) electrons. The molecule has 0 saturated heterocycles. The van der Waals surface area contributed by atoms with Gasteiger partial charge in [-0.3, -0.25) is 0 Å². The van der Waals surface area contributed by atoms with Crippen LogP contribution in [0, 0.1) is 24.8 Å². The first-order valence-electron chi connectivity index (χ1n) is 24.5. The van der Waals surface area contributed by atoms with Crippen molar-refractivity contribution in [2.45, 2.75) is 89.6 Å². The maximum Gasteiger partial charge on any atom is 3.00 e. The van der Waals surface area contributed by atoms with Crippen LogP contribution in [0.1, 0.15) is 98.7 Å². The van der Waals surface area contributed by atoms with E-state index in [-0.39, 0.29) is 43.3 Å². The molecule has 0 spiro atoms. The normalized spacial score (nSPS) is 14.8. The number of halogens is 1. The summed E-state index contributed by atoms with van der Waals surface area (Å²) in [5.41, 5.74) is 12.9. The molecule has 0 aliphatic carbocycles. The van der Waals surface area contributed by atoms with E-state index in [0.29, 0.717) is 11.2 Å². The standard InChI is InChI=1S/C41H33FN2O.C18H24GeN.Ir/c1-24(2)34-21-28(26-11-6-5-7-12-26)22-35(25(3)4)38(34)44-39-30-14-9-8-13-27(30)17-20-36(39)43-41(44)33-16-10-15-32-31-19-18-29(42)23-37(31)45-40(32)33;1-13(2)16-11-18(15-9-7-14(3)8-10-15)20-12-17(16)19(4,5)6;/h5-15,17-25,41H,1-4H3;7-9,11-13H,1-6H3;/q-2;-1;+3/i;3D3,13D;. The Bertz CT molecular complexity index is 3330. The topological polar surface area (TPSA) is 43.4 Å². The number of hydrogen-bond donors (Lipinski definition) is 0. The fourth-order valence-corrected chi connectivity index (χ4v) is 12.4. The van der Waals surface area contributed by atoms with Crippen LogP contribution in [0.3, 0.4) is 0 Å². The van der Waals surface area contributed by atoms with Crippen LogP contribution in [0.5, 0.6) is 0 Å². The van der Waals surface area contributed by atoms with Crippen LogP contribution in [0.4, 0.5) is 21.5 Å². The molecule has 66 heavy (non-hydrogen) atoms. The molecule has 1 atom stereocenters. The van der Waals surface area contributed by atoms with Gasteiger partial charge in [-0.15, -0.1) is 11.3 Å². The summed E-state index contributed by atoms with van der Waals surface area (Å²) in [7, 11) is 0. The van der Waals surface area contributed by atoms with Crippen molar-refractivity contribution < 1.29 is 34.4 Å². The fraction of sp³-hybridized carbons (Fsp3) is 0.237. The molecule has 1 aliphatic heterocycles. The van der Waals surface area contributed by atoms with Gasteiger partial charge in [0.1, 0.15) is 11.4 Å². The largest absolute Gasteiger partial charge is 3.00 e. The first-order chi connectivity index (χ1) is 32.7. The first-order valence-corrected chi connectivity index (χ1v) is 29.8. The van der Waals surface area contributed by atoms with Gasteiger partial charge in [0.05, 0.1) is 0 Å².